The maximum Gasteiger partial charge on any atom is 0.270 e. The van der Waals surface area contributed by atoms with Crippen LogP contribution in [0.25, 0.3) is 10.9 Å². The zero-order chi connectivity index (χ0) is 23.6. The number of nitro benzene ring substituents is 2. The molecule has 0 saturated heterocycles. The molecule has 1 aromatic heterocycles. The maximum atomic E-state index is 13.0. The van der Waals surface area contributed by atoms with Crippen LogP contribution in [0.4, 0.5) is 22.7 Å². The van der Waals surface area contributed by atoms with Gasteiger partial charge in [0, 0.05) is 42.7 Å². The van der Waals surface area contributed by atoms with E-state index in [-0.39, 0.29) is 35.5 Å². The maximum absolute atomic E-state index is 13.0. The third-order valence-corrected chi connectivity index (χ3v) is 6.76. The van der Waals surface area contributed by atoms with Crippen molar-refractivity contribution in [3.8, 4) is 5.88 Å². The zero-order valence-corrected chi connectivity index (χ0v) is 17.7. The van der Waals surface area contributed by atoms with Crippen molar-refractivity contribution in [3.05, 3.63) is 56.6 Å². The van der Waals surface area contributed by atoms with E-state index >= 15 is 0 Å². The molecule has 0 spiro atoms. The van der Waals surface area contributed by atoms with Crippen molar-refractivity contribution < 1.29 is 23.4 Å². The number of hydrogen-bond donors (Lipinski definition) is 2. The number of H-pyrrole nitrogens is 1. The van der Waals surface area contributed by atoms with Gasteiger partial charge in [0.25, 0.3) is 11.4 Å². The molecule has 0 aliphatic rings. The molecular formula is C18H18N6O7S. The van der Waals surface area contributed by atoms with Gasteiger partial charge in [0.1, 0.15) is 10.6 Å². The number of benzene rings is 2. The summed E-state index contributed by atoms with van der Waals surface area (Å²) in [5, 5.41) is 40.4. The molecule has 2 N–H and O–H groups in total. The minimum absolute atomic E-state index is 0.130. The van der Waals surface area contributed by atoms with Gasteiger partial charge in [-0.25, -0.2) is 8.42 Å². The van der Waals surface area contributed by atoms with Gasteiger partial charge in [-0.3, -0.25) is 20.2 Å². The molecule has 3 aromatic rings. The number of non-ortho nitro benzene ring substituents is 2. The predicted octanol–water partition coefficient (Wildman–Crippen LogP) is 4.14. The number of nitro groups is 2. The highest BCUT2D eigenvalue weighted by atomic mass is 32.2. The molecule has 0 fully saturated rings. The number of hydrogen-bond acceptors (Lipinski definition) is 9. The molecule has 0 unspecified atom stereocenters. The Bertz CT molecular complexity index is 1350. The Morgan fingerprint density at radius 3 is 2.19 bits per heavy atom. The van der Waals surface area contributed by atoms with Crippen molar-refractivity contribution >= 4 is 43.7 Å². The summed E-state index contributed by atoms with van der Waals surface area (Å²) in [6.45, 7) is 3.50. The van der Waals surface area contributed by atoms with Gasteiger partial charge < -0.3 is 10.1 Å². The Morgan fingerprint density at radius 2 is 1.59 bits per heavy atom. The zero-order valence-electron chi connectivity index (χ0n) is 16.9. The molecule has 0 aliphatic carbocycles. The van der Waals surface area contributed by atoms with Crippen molar-refractivity contribution in [1.29, 1.82) is 0 Å². The van der Waals surface area contributed by atoms with E-state index in [9.17, 15) is 33.8 Å². The molecule has 32 heavy (non-hydrogen) atoms. The van der Waals surface area contributed by atoms with Gasteiger partial charge in [0.2, 0.25) is 15.9 Å². The van der Waals surface area contributed by atoms with Crippen LogP contribution in [0.1, 0.15) is 13.8 Å². The molecule has 1 heterocycles. The number of fused-ring (bicyclic) bond motifs is 1. The lowest BCUT2D eigenvalue weighted by Gasteiger charge is -2.19. The molecule has 0 aliphatic heterocycles. The van der Waals surface area contributed by atoms with E-state index in [0.29, 0.717) is 5.52 Å². The van der Waals surface area contributed by atoms with E-state index < -0.39 is 36.3 Å². The fourth-order valence-electron chi connectivity index (χ4n) is 3.08. The summed E-state index contributed by atoms with van der Waals surface area (Å²) in [5.41, 5.74) is -0.676. The Hall–Kier alpha value is -3.91. The number of aromatic nitrogens is 1. The number of nitrogens with one attached hydrogen (secondary N) is 1. The SMILES string of the molecule is CCN(CC)S(=O)(=O)c1cc([N+](=O)[O-])ccc1N=Nc1c(O)[nH]c2ccc([N+](=O)[O-])cc12. The standard InChI is InChI=1S/C18H18N6O7S/c1-3-22(4-2)32(30,31)16-10-12(24(28)29)6-8-15(16)20-21-17-13-9-11(23(26)27)5-7-14(13)19-18(17)25/h5-10,19,25H,3-4H2,1-2H3. The molecule has 2 aromatic carbocycles. The van der Waals surface area contributed by atoms with Crippen molar-refractivity contribution in [1.82, 2.24) is 9.29 Å². The van der Waals surface area contributed by atoms with Crippen molar-refractivity contribution in [2.45, 2.75) is 18.7 Å². The van der Waals surface area contributed by atoms with Gasteiger partial charge in [-0.2, -0.15) is 4.31 Å². The Morgan fingerprint density at radius 1 is 1.00 bits per heavy atom. The van der Waals surface area contributed by atoms with Crippen LogP contribution in [0, 0.1) is 20.2 Å². The lowest BCUT2D eigenvalue weighted by Crippen LogP contribution is -2.30. The first kappa shape index (κ1) is 22.8. The van der Waals surface area contributed by atoms with Gasteiger partial charge in [0.15, 0.2) is 5.69 Å². The van der Waals surface area contributed by atoms with E-state index in [2.05, 4.69) is 15.2 Å². The molecular weight excluding hydrogens is 444 g/mol. The van der Waals surface area contributed by atoms with E-state index in [0.717, 1.165) is 22.5 Å². The first-order valence-corrected chi connectivity index (χ1v) is 10.7. The molecule has 0 amide bonds. The summed E-state index contributed by atoms with van der Waals surface area (Å²) < 4.78 is 27.2. The molecule has 13 nitrogen and oxygen atoms in total. The Balaban J connectivity index is 2.17. The lowest BCUT2D eigenvalue weighted by atomic mass is 10.2. The second-order valence-corrected chi connectivity index (χ2v) is 8.41. The molecule has 0 saturated carbocycles. The largest absolute Gasteiger partial charge is 0.493 e. The average Bonchev–Trinajstić information content (AvgIpc) is 3.06. The monoisotopic (exact) mass is 462 g/mol. The first-order valence-electron chi connectivity index (χ1n) is 9.29. The van der Waals surface area contributed by atoms with Gasteiger partial charge in [0.05, 0.1) is 15.4 Å². The van der Waals surface area contributed by atoms with Crippen LogP contribution in [0.15, 0.2) is 51.5 Å². The highest BCUT2D eigenvalue weighted by molar-refractivity contribution is 7.89. The fraction of sp³-hybridized carbons (Fsp3) is 0.222. The topological polar surface area (TPSA) is 184 Å². The lowest BCUT2D eigenvalue weighted by molar-refractivity contribution is -0.385. The minimum atomic E-state index is -4.13. The fourth-order valence-corrected chi connectivity index (χ4v) is 4.68. The van der Waals surface area contributed by atoms with E-state index in [1.807, 2.05) is 0 Å². The minimum Gasteiger partial charge on any atom is -0.493 e. The van der Waals surface area contributed by atoms with Crippen LogP contribution < -0.4 is 0 Å². The third-order valence-electron chi connectivity index (χ3n) is 4.68. The first-order chi connectivity index (χ1) is 15.1. The number of sulfonamides is 1. The smallest absolute Gasteiger partial charge is 0.270 e. The summed E-state index contributed by atoms with van der Waals surface area (Å²) in [5.74, 6) is -0.431. The average molecular weight is 462 g/mol. The van der Waals surface area contributed by atoms with Gasteiger partial charge in [-0.15, -0.1) is 10.2 Å². The summed E-state index contributed by atoms with van der Waals surface area (Å²) in [7, 11) is -4.13. The summed E-state index contributed by atoms with van der Waals surface area (Å²) in [6, 6.07) is 6.91. The number of aromatic amines is 1. The number of aromatic hydroxyl groups is 1. The van der Waals surface area contributed by atoms with Crippen LogP contribution in [0.2, 0.25) is 0 Å². The van der Waals surface area contributed by atoms with Crippen molar-refractivity contribution in [2.75, 3.05) is 13.1 Å². The van der Waals surface area contributed by atoms with Crippen LogP contribution in [0.5, 0.6) is 5.88 Å². The normalized spacial score (nSPS) is 12.1. The summed E-state index contributed by atoms with van der Waals surface area (Å²) in [6.07, 6.45) is 0. The Labute approximate surface area is 181 Å². The van der Waals surface area contributed by atoms with Crippen LogP contribution in [-0.2, 0) is 10.0 Å². The number of nitrogens with zero attached hydrogens (tertiary/aromatic N) is 5. The van der Waals surface area contributed by atoms with Gasteiger partial charge in [-0.1, -0.05) is 13.8 Å². The third kappa shape index (κ3) is 4.13. The van der Waals surface area contributed by atoms with Gasteiger partial charge >= 0.3 is 0 Å². The second-order valence-electron chi connectivity index (χ2n) is 6.51. The molecule has 3 rings (SSSR count). The summed E-state index contributed by atoms with van der Waals surface area (Å²) in [4.78, 5) is 23.1. The second kappa shape index (κ2) is 8.68. The quantitative estimate of drug-likeness (QED) is 0.286. The number of rotatable bonds is 8. The van der Waals surface area contributed by atoms with Crippen molar-refractivity contribution in [2.24, 2.45) is 10.2 Å². The van der Waals surface area contributed by atoms with E-state index in [4.69, 9.17) is 0 Å². The highest BCUT2D eigenvalue weighted by Crippen LogP contribution is 2.39. The molecule has 168 valence electrons. The van der Waals surface area contributed by atoms with E-state index in [1.54, 1.807) is 13.8 Å². The van der Waals surface area contributed by atoms with E-state index in [1.165, 1.54) is 18.2 Å². The molecule has 14 heteroatoms. The molecule has 0 radical (unpaired) electrons. The molecule has 0 atom stereocenters. The highest BCUT2D eigenvalue weighted by Gasteiger charge is 2.27. The Kier molecular flexibility index (Phi) is 6.18. The van der Waals surface area contributed by atoms with Crippen molar-refractivity contribution in [3.63, 3.8) is 0 Å². The van der Waals surface area contributed by atoms with Crippen LogP contribution in [0.3, 0.4) is 0 Å². The summed E-state index contributed by atoms with van der Waals surface area (Å²) >= 11 is 0. The number of azo groups is 1. The predicted molar refractivity (Wildman–Crippen MR) is 114 cm³/mol. The van der Waals surface area contributed by atoms with Gasteiger partial charge in [-0.05, 0) is 12.1 Å². The van der Waals surface area contributed by atoms with Crippen LogP contribution in [-0.4, -0.2) is 45.7 Å². The molecule has 0 bridgehead atoms. The van der Waals surface area contributed by atoms with Crippen LogP contribution >= 0.6 is 0 Å².